The fourth-order valence-electron chi connectivity index (χ4n) is 5.56. The molecule has 232 valence electrons. The molecule has 4 aromatic rings. The molecule has 0 unspecified atom stereocenters. The van der Waals surface area contributed by atoms with Gasteiger partial charge in [0, 0.05) is 62.4 Å². The number of para-hydroxylation sites is 1. The largest absolute Gasteiger partial charge is 0.491 e. The number of nitrogens with zero attached hydrogens (tertiary/aromatic N) is 3. The van der Waals surface area contributed by atoms with E-state index in [1.54, 1.807) is 24.1 Å². The molecule has 1 N–H and O–H groups in total. The fourth-order valence-corrected chi connectivity index (χ4v) is 5.56. The summed E-state index contributed by atoms with van der Waals surface area (Å²) in [5.41, 5.74) is 4.37. The quantitative estimate of drug-likeness (QED) is 0.232. The van der Waals surface area contributed by atoms with E-state index in [0.29, 0.717) is 43.4 Å². The fraction of sp³-hybridized carbons (Fsp3) is 0.371. The molecule has 1 amide bonds. The van der Waals surface area contributed by atoms with Gasteiger partial charge in [0.1, 0.15) is 23.8 Å². The number of fused-ring (bicyclic) bond motifs is 1. The Morgan fingerprint density at radius 2 is 1.57 bits per heavy atom. The highest BCUT2D eigenvalue weighted by atomic mass is 16.6. The zero-order valence-corrected chi connectivity index (χ0v) is 26.1. The molecule has 1 saturated heterocycles. The van der Waals surface area contributed by atoms with Crippen molar-refractivity contribution in [3.63, 3.8) is 0 Å². The third-order valence-corrected chi connectivity index (χ3v) is 8.02. The van der Waals surface area contributed by atoms with E-state index >= 15 is 0 Å². The van der Waals surface area contributed by atoms with Gasteiger partial charge in [-0.2, -0.15) is 0 Å². The number of carboxylic acids is 1. The van der Waals surface area contributed by atoms with Gasteiger partial charge in [-0.25, -0.2) is 9.59 Å². The number of likely N-dealkylation sites (N-methyl/N-ethyl adjacent to an activating group) is 1. The first-order valence-corrected chi connectivity index (χ1v) is 14.9. The average molecular weight is 600 g/mol. The molecule has 0 bridgehead atoms. The molecular formula is C35H41N3O6. The molecule has 0 atom stereocenters. The highest BCUT2D eigenvalue weighted by molar-refractivity contribution is 6.08. The molecule has 1 aromatic heterocycles. The summed E-state index contributed by atoms with van der Waals surface area (Å²) >= 11 is 0. The van der Waals surface area contributed by atoms with Crippen LogP contribution in [-0.2, 0) is 16.7 Å². The molecule has 0 spiro atoms. The second-order valence-corrected chi connectivity index (χ2v) is 12.3. The number of hydrogen-bond acceptors (Lipinski definition) is 6. The minimum atomic E-state index is -1.02. The van der Waals surface area contributed by atoms with E-state index < -0.39 is 12.1 Å². The van der Waals surface area contributed by atoms with Gasteiger partial charge in [0.25, 0.3) is 0 Å². The molecule has 3 aromatic carbocycles. The predicted octanol–water partition coefficient (Wildman–Crippen LogP) is 6.12. The van der Waals surface area contributed by atoms with Crippen molar-refractivity contribution >= 4 is 23.0 Å². The first kappa shape index (κ1) is 31.1. The summed E-state index contributed by atoms with van der Waals surface area (Å²) in [6.07, 6.45) is -0.420. The Balaban J connectivity index is 1.54. The number of aromatic nitrogens is 1. The average Bonchev–Trinajstić information content (AvgIpc) is 3.31. The van der Waals surface area contributed by atoms with Crippen molar-refractivity contribution in [3.8, 4) is 22.6 Å². The van der Waals surface area contributed by atoms with Gasteiger partial charge in [-0.15, -0.1) is 0 Å². The van der Waals surface area contributed by atoms with Crippen molar-refractivity contribution in [2.45, 2.75) is 32.7 Å². The molecule has 5 rings (SSSR count). The molecule has 1 aliphatic rings. The lowest BCUT2D eigenvalue weighted by molar-refractivity contribution is 0.0687. The van der Waals surface area contributed by atoms with E-state index in [9.17, 15) is 14.7 Å². The molecule has 2 heterocycles. The van der Waals surface area contributed by atoms with E-state index in [1.165, 1.54) is 5.56 Å². The van der Waals surface area contributed by atoms with Crippen LogP contribution in [0.4, 0.5) is 4.79 Å². The van der Waals surface area contributed by atoms with Gasteiger partial charge in [-0.3, -0.25) is 0 Å². The maximum absolute atomic E-state index is 13.0. The Hall–Kier alpha value is -4.34. The number of hydrogen-bond donors (Lipinski definition) is 1. The number of ether oxygens (including phenoxy) is 3. The Labute approximate surface area is 258 Å². The van der Waals surface area contributed by atoms with Crippen LogP contribution in [0.5, 0.6) is 11.5 Å². The first-order valence-electron chi connectivity index (χ1n) is 14.9. The van der Waals surface area contributed by atoms with Crippen LogP contribution in [0.1, 0.15) is 42.4 Å². The number of piperazine rings is 1. The molecule has 9 heteroatoms. The standard InChI is InChI=1S/C35H41N3O6/c1-35(2,3)26-12-10-25(11-13-26)31-29-8-6-7-9-30(29)38(32(31)33(39)40)23-24-20-27(43-19-18-42-5)22-28(21-24)44-34(41)37-16-14-36(4)15-17-37/h6-13,20-22H,14-19,23H2,1-5H3,(H,39,40). The van der Waals surface area contributed by atoms with Crippen LogP contribution in [0.25, 0.3) is 22.0 Å². The SMILES string of the molecule is COCCOc1cc(Cn2c(C(=O)O)c(-c3ccc(C(C)(C)C)cc3)c3ccccc32)cc(OC(=O)N2CCN(C)CC2)c1. The van der Waals surface area contributed by atoms with E-state index in [0.717, 1.165) is 35.1 Å². The van der Waals surface area contributed by atoms with Crippen molar-refractivity contribution in [1.82, 2.24) is 14.4 Å². The van der Waals surface area contributed by atoms with Gasteiger partial charge in [-0.05, 0) is 47.4 Å². The van der Waals surface area contributed by atoms with Crippen molar-refractivity contribution in [2.24, 2.45) is 0 Å². The van der Waals surface area contributed by atoms with Gasteiger partial charge < -0.3 is 33.7 Å². The summed E-state index contributed by atoms with van der Waals surface area (Å²) in [5.74, 6) is -0.178. The molecule has 0 radical (unpaired) electrons. The lowest BCUT2D eigenvalue weighted by Gasteiger charge is -2.31. The maximum Gasteiger partial charge on any atom is 0.415 e. The zero-order chi connectivity index (χ0) is 31.4. The highest BCUT2D eigenvalue weighted by Crippen LogP contribution is 2.37. The molecule has 0 saturated carbocycles. The second kappa shape index (κ2) is 13.1. The van der Waals surface area contributed by atoms with Gasteiger partial charge in [0.15, 0.2) is 0 Å². The van der Waals surface area contributed by atoms with Gasteiger partial charge in [0.2, 0.25) is 0 Å². The van der Waals surface area contributed by atoms with Crippen LogP contribution in [0.2, 0.25) is 0 Å². The van der Waals surface area contributed by atoms with Crippen molar-refractivity contribution in [1.29, 1.82) is 0 Å². The Bertz CT molecular complexity index is 1630. The highest BCUT2D eigenvalue weighted by Gasteiger charge is 2.25. The van der Waals surface area contributed by atoms with E-state index in [2.05, 4.69) is 37.8 Å². The number of amides is 1. The molecule has 44 heavy (non-hydrogen) atoms. The van der Waals surface area contributed by atoms with Crippen LogP contribution in [0, 0.1) is 0 Å². The second-order valence-electron chi connectivity index (χ2n) is 12.3. The Morgan fingerprint density at radius 1 is 0.886 bits per heavy atom. The molecular weight excluding hydrogens is 558 g/mol. The van der Waals surface area contributed by atoms with Crippen LogP contribution in [0.3, 0.4) is 0 Å². The zero-order valence-electron chi connectivity index (χ0n) is 26.1. The number of carbonyl (C=O) groups is 2. The molecule has 9 nitrogen and oxygen atoms in total. The monoisotopic (exact) mass is 599 g/mol. The predicted molar refractivity (Wildman–Crippen MR) is 171 cm³/mol. The van der Waals surface area contributed by atoms with Crippen LogP contribution < -0.4 is 9.47 Å². The smallest absolute Gasteiger partial charge is 0.415 e. The van der Waals surface area contributed by atoms with E-state index in [4.69, 9.17) is 14.2 Å². The molecule has 1 aliphatic heterocycles. The third kappa shape index (κ3) is 6.90. The topological polar surface area (TPSA) is 93.5 Å². The lowest BCUT2D eigenvalue weighted by atomic mass is 9.86. The summed E-state index contributed by atoms with van der Waals surface area (Å²) < 4.78 is 18.7. The number of carbonyl (C=O) groups excluding carboxylic acids is 1. The van der Waals surface area contributed by atoms with Crippen molar-refractivity contribution < 1.29 is 28.9 Å². The Kier molecular flexibility index (Phi) is 9.27. The number of carboxylic acid groups (broad SMARTS) is 1. The summed E-state index contributed by atoms with van der Waals surface area (Å²) in [7, 11) is 3.63. The third-order valence-electron chi connectivity index (χ3n) is 8.02. The summed E-state index contributed by atoms with van der Waals surface area (Å²) in [5, 5.41) is 11.4. The van der Waals surface area contributed by atoms with Crippen LogP contribution in [0.15, 0.2) is 66.7 Å². The normalized spacial score (nSPS) is 14.2. The van der Waals surface area contributed by atoms with E-state index in [-0.39, 0.29) is 17.7 Å². The maximum atomic E-state index is 13.0. The van der Waals surface area contributed by atoms with Crippen LogP contribution >= 0.6 is 0 Å². The molecule has 1 fully saturated rings. The Morgan fingerprint density at radius 3 is 2.23 bits per heavy atom. The first-order chi connectivity index (χ1) is 21.0. The minimum absolute atomic E-state index is 0.0238. The number of benzene rings is 3. The summed E-state index contributed by atoms with van der Waals surface area (Å²) in [6.45, 7) is 10.1. The number of methoxy groups -OCH3 is 1. The van der Waals surface area contributed by atoms with Gasteiger partial charge in [0.05, 0.1) is 6.61 Å². The minimum Gasteiger partial charge on any atom is -0.491 e. The van der Waals surface area contributed by atoms with Crippen LogP contribution in [-0.4, -0.2) is 85.1 Å². The van der Waals surface area contributed by atoms with Crippen molar-refractivity contribution in [2.75, 3.05) is 53.6 Å². The summed E-state index contributed by atoms with van der Waals surface area (Å²) in [4.78, 5) is 29.8. The lowest BCUT2D eigenvalue weighted by Crippen LogP contribution is -2.48. The number of rotatable bonds is 9. The molecule has 0 aliphatic carbocycles. The summed E-state index contributed by atoms with van der Waals surface area (Å²) in [6, 6.07) is 21.1. The van der Waals surface area contributed by atoms with E-state index in [1.807, 2.05) is 54.1 Å². The van der Waals surface area contributed by atoms with Gasteiger partial charge >= 0.3 is 12.1 Å². The number of aromatic carboxylic acids is 1. The van der Waals surface area contributed by atoms with Crippen molar-refractivity contribution in [3.05, 3.63) is 83.6 Å². The van der Waals surface area contributed by atoms with Gasteiger partial charge in [-0.1, -0.05) is 63.2 Å².